The van der Waals surface area contributed by atoms with Gasteiger partial charge in [0.15, 0.2) is 6.10 Å². The first-order valence-corrected chi connectivity index (χ1v) is 29.7. The summed E-state index contributed by atoms with van der Waals surface area (Å²) < 4.78 is 31.3. The van der Waals surface area contributed by atoms with Crippen LogP contribution in [0.4, 0.5) is 0 Å². The van der Waals surface area contributed by atoms with E-state index in [0.29, 0.717) is 12.8 Å². The molecule has 0 N–H and O–H groups in total. The first-order chi connectivity index (χ1) is 37.6. The largest absolute Gasteiger partial charge is 1.00 e. The minimum Gasteiger partial charge on any atom is -0.626 e. The number of methoxy groups -OCH3 is 1. The Balaban J connectivity index is 0.00000277. The van der Waals surface area contributed by atoms with E-state index in [1.54, 1.807) is 7.11 Å². The second-order valence-electron chi connectivity index (χ2n) is 20.5. The van der Waals surface area contributed by atoms with Crippen molar-refractivity contribution in [2.24, 2.45) is 5.41 Å². The molecule has 436 valence electrons. The van der Waals surface area contributed by atoms with Crippen LogP contribution in [0.2, 0.25) is 0 Å². The molecular formula is C65H101LiO12-2. The van der Waals surface area contributed by atoms with Gasteiger partial charge in [0, 0.05) is 12.8 Å². The number of fused-ring (bicyclic) bond motifs is 1. The van der Waals surface area contributed by atoms with E-state index in [4.69, 9.17) is 28.5 Å². The van der Waals surface area contributed by atoms with Gasteiger partial charge in [0.05, 0.1) is 20.0 Å². The molecule has 2 aromatic rings. The molecule has 0 heterocycles. The minimum atomic E-state index is -0.962. The van der Waals surface area contributed by atoms with Crippen LogP contribution in [0.3, 0.4) is 0 Å². The molecule has 0 aliphatic heterocycles. The molecule has 0 bridgehead atoms. The first-order valence-electron chi connectivity index (χ1n) is 29.7. The fourth-order valence-corrected chi connectivity index (χ4v) is 9.53. The Morgan fingerprint density at radius 1 is 0.603 bits per heavy atom. The van der Waals surface area contributed by atoms with Crippen molar-refractivity contribution in [2.75, 3.05) is 27.1 Å². The van der Waals surface area contributed by atoms with Crippen LogP contribution < -0.4 is 23.6 Å². The number of hydrogen-bond acceptors (Lipinski definition) is 12. The third kappa shape index (κ3) is 39.9. The van der Waals surface area contributed by atoms with Crippen LogP contribution in [-0.2, 0) is 58.9 Å². The van der Waals surface area contributed by atoms with Crippen molar-refractivity contribution in [3.8, 4) is 5.75 Å². The summed E-state index contributed by atoms with van der Waals surface area (Å²) in [5.74, 6) is -0.992. The fraction of sp³-hybridized carbons (Fsp3) is 0.677. The van der Waals surface area contributed by atoms with Crippen LogP contribution in [0.25, 0.3) is 10.8 Å². The Morgan fingerprint density at radius 2 is 1.05 bits per heavy atom. The van der Waals surface area contributed by atoms with E-state index in [9.17, 15) is 24.0 Å². The van der Waals surface area contributed by atoms with Gasteiger partial charge in [0.2, 0.25) is 6.79 Å². The Kier molecular flexibility index (Phi) is 49.1. The fourth-order valence-electron chi connectivity index (χ4n) is 9.53. The third-order valence-corrected chi connectivity index (χ3v) is 13.9. The van der Waals surface area contributed by atoms with Gasteiger partial charge in [-0.2, -0.15) is 13.3 Å². The van der Waals surface area contributed by atoms with Crippen molar-refractivity contribution in [3.05, 3.63) is 73.2 Å². The van der Waals surface area contributed by atoms with E-state index in [1.165, 1.54) is 126 Å². The SMILES string of the molecule is CCCCCCCC/C=C\CCCCCCCC(=O)OCC(COC(=O)CCCCCCC/C=C\CCCCCCCC)OC(=O)CC1(CC(=O)OCO[C-]=O)CCCC1.C[C-]=O.[CH2-]Cc1cccc2ccc(OC)cc12.[Li+]. The number of carbonyl (C=O) groups is 4. The Labute approximate surface area is 484 Å². The van der Waals surface area contributed by atoms with Crippen molar-refractivity contribution < 1.29 is 76.0 Å². The summed E-state index contributed by atoms with van der Waals surface area (Å²) in [7, 11) is 1.69. The van der Waals surface area contributed by atoms with Gasteiger partial charge < -0.3 is 44.9 Å². The summed E-state index contributed by atoms with van der Waals surface area (Å²) in [5.41, 5.74) is 0.617. The van der Waals surface area contributed by atoms with Gasteiger partial charge in [0.25, 0.3) is 0 Å². The first kappa shape index (κ1) is 73.6. The molecule has 0 amide bonds. The van der Waals surface area contributed by atoms with E-state index in [0.717, 1.165) is 102 Å². The molecule has 1 aliphatic rings. The molecule has 78 heavy (non-hydrogen) atoms. The van der Waals surface area contributed by atoms with Gasteiger partial charge in [-0.15, -0.1) is 0 Å². The zero-order chi connectivity index (χ0) is 56.3. The summed E-state index contributed by atoms with van der Waals surface area (Å²) in [6.07, 6.45) is 44.5. The third-order valence-electron chi connectivity index (χ3n) is 13.9. The number of carbonyl (C=O) groups excluding carboxylic acids is 6. The average Bonchev–Trinajstić information content (AvgIpc) is 3.89. The minimum absolute atomic E-state index is 0. The smallest absolute Gasteiger partial charge is 0.626 e. The van der Waals surface area contributed by atoms with Crippen molar-refractivity contribution in [2.45, 2.75) is 252 Å². The summed E-state index contributed by atoms with van der Waals surface area (Å²) in [6.45, 7) is 9.98. The van der Waals surface area contributed by atoms with Crippen LogP contribution in [0.15, 0.2) is 60.7 Å². The van der Waals surface area contributed by atoms with Crippen molar-refractivity contribution >= 4 is 47.4 Å². The molecule has 1 aliphatic carbocycles. The Morgan fingerprint density at radius 3 is 1.50 bits per heavy atom. The van der Waals surface area contributed by atoms with E-state index in [1.807, 2.05) is 6.07 Å². The van der Waals surface area contributed by atoms with E-state index in [2.05, 4.69) is 80.1 Å². The number of hydrogen-bond donors (Lipinski definition) is 0. The number of ether oxygens (including phenoxy) is 6. The van der Waals surface area contributed by atoms with E-state index in [-0.39, 0.29) is 69.7 Å². The second-order valence-corrected chi connectivity index (χ2v) is 20.5. The number of esters is 4. The number of unbranched alkanes of at least 4 members (excludes halogenated alkanes) is 22. The summed E-state index contributed by atoms with van der Waals surface area (Å²) in [5, 5.41) is 2.48. The van der Waals surface area contributed by atoms with Gasteiger partial charge in [-0.05, 0) is 105 Å². The standard InChI is InChI=1S/C50H85O10.C13H13O.C2H3O.Li/c1-3-5-7-9-11-13-15-17-19-21-23-25-27-29-31-35-46(52)57-41-45(60-49(55)40-50(37-33-34-38-50)39-48(54)59-44-56-43-51)42-58-47(53)36-32-30-28-26-24-22-20-18-16-14-12-10-8-6-4-2;1-3-10-5-4-6-11-7-8-12(14-2)9-13(10)11;1-2-3;/h17-20,45H,3-16,21-42,44H2,1-2H3;4-9H,1,3H2,2H3;1H3;/q3*-1;+1/b19-17-,20-18-;;;. The molecule has 0 saturated heterocycles. The van der Waals surface area contributed by atoms with Crippen molar-refractivity contribution in [1.82, 2.24) is 0 Å². The van der Waals surface area contributed by atoms with Crippen LogP contribution in [-0.4, -0.2) is 69.9 Å². The number of allylic oxidation sites excluding steroid dienone is 4. The van der Waals surface area contributed by atoms with Gasteiger partial charge in [-0.25, -0.2) is 0 Å². The van der Waals surface area contributed by atoms with Crippen molar-refractivity contribution in [1.29, 1.82) is 0 Å². The number of rotatable bonds is 44. The van der Waals surface area contributed by atoms with Gasteiger partial charge in [-0.1, -0.05) is 190 Å². The number of benzene rings is 2. The molecule has 0 unspecified atom stereocenters. The Hall–Kier alpha value is -4.40. The van der Waals surface area contributed by atoms with Crippen LogP contribution in [0.5, 0.6) is 5.75 Å². The van der Waals surface area contributed by atoms with E-state index >= 15 is 0 Å². The zero-order valence-electron chi connectivity index (χ0n) is 49.3. The molecule has 12 nitrogen and oxygen atoms in total. The maximum absolute atomic E-state index is 13.3. The molecule has 1 saturated carbocycles. The predicted octanol–water partition coefficient (Wildman–Crippen LogP) is 13.3. The summed E-state index contributed by atoms with van der Waals surface area (Å²) in [4.78, 5) is 70.0. The van der Waals surface area contributed by atoms with Crippen LogP contribution >= 0.6 is 0 Å². The van der Waals surface area contributed by atoms with Gasteiger partial charge in [0.1, 0.15) is 19.0 Å². The zero-order valence-corrected chi connectivity index (χ0v) is 49.3. The molecule has 0 aromatic heterocycles. The quantitative estimate of drug-likeness (QED) is 0.0118. The van der Waals surface area contributed by atoms with E-state index < -0.39 is 30.3 Å². The Bertz CT molecular complexity index is 1830. The van der Waals surface area contributed by atoms with Crippen LogP contribution in [0, 0.1) is 12.3 Å². The molecule has 3 rings (SSSR count). The maximum atomic E-state index is 13.3. The summed E-state index contributed by atoms with van der Waals surface area (Å²) in [6, 6.07) is 12.4. The van der Waals surface area contributed by atoms with Gasteiger partial charge in [-0.3, -0.25) is 25.5 Å². The van der Waals surface area contributed by atoms with Crippen molar-refractivity contribution in [3.63, 3.8) is 0 Å². The molecule has 2 aromatic carbocycles. The predicted molar refractivity (Wildman–Crippen MR) is 310 cm³/mol. The normalized spacial score (nSPS) is 12.5. The molecule has 1 fully saturated rings. The maximum Gasteiger partial charge on any atom is 1.00 e. The van der Waals surface area contributed by atoms with Gasteiger partial charge >= 0.3 is 42.7 Å². The molecular weight excluding hydrogens is 980 g/mol. The molecule has 0 spiro atoms. The summed E-state index contributed by atoms with van der Waals surface area (Å²) >= 11 is 0. The van der Waals surface area contributed by atoms with Crippen LogP contribution in [0.1, 0.15) is 245 Å². The monoisotopic (exact) mass is 1080 g/mol. The second kappa shape index (κ2) is 52.0. The molecule has 0 radical (unpaired) electrons. The molecule has 13 heteroatoms. The topological polar surface area (TPSA) is 158 Å². The molecule has 0 atom stereocenters. The average molecular weight is 1080 g/mol.